The molecule has 7 heteroatoms. The minimum atomic E-state index is -2.11. The Kier molecular flexibility index (Phi) is 4.59. The predicted molar refractivity (Wildman–Crippen MR) is 137 cm³/mol. The third-order valence-electron chi connectivity index (χ3n) is 7.73. The normalized spacial score (nSPS) is 23.8. The minimum Gasteiger partial charge on any atom is -0.349 e. The van der Waals surface area contributed by atoms with E-state index in [1.807, 2.05) is 30.3 Å². The number of hydrogen-bond acceptors (Lipinski definition) is 5. The lowest BCUT2D eigenvalue weighted by atomic mass is 9.77. The van der Waals surface area contributed by atoms with E-state index in [4.69, 9.17) is 16.3 Å². The van der Waals surface area contributed by atoms with E-state index in [0.717, 1.165) is 15.7 Å². The van der Waals surface area contributed by atoms with Crippen molar-refractivity contribution < 1.29 is 23.9 Å². The number of imide groups is 1. The van der Waals surface area contributed by atoms with Crippen molar-refractivity contribution in [1.29, 1.82) is 0 Å². The van der Waals surface area contributed by atoms with Crippen LogP contribution in [0.3, 0.4) is 0 Å². The smallest absolute Gasteiger partial charge is 0.241 e. The second-order valence-electron chi connectivity index (χ2n) is 9.54. The Balaban J connectivity index is 1.44. The molecule has 2 fully saturated rings. The van der Waals surface area contributed by atoms with E-state index in [1.54, 1.807) is 60.7 Å². The summed E-state index contributed by atoms with van der Waals surface area (Å²) in [7, 11) is 0. The van der Waals surface area contributed by atoms with E-state index in [9.17, 15) is 19.2 Å². The third-order valence-corrected chi connectivity index (χ3v) is 7.98. The number of ether oxygens (including phenoxy) is 1. The number of carbonyl (C=O) groups excluding carboxylic acids is 4. The number of rotatable bonds is 2. The van der Waals surface area contributed by atoms with Crippen LogP contribution in [0.2, 0.25) is 5.02 Å². The van der Waals surface area contributed by atoms with Crippen LogP contribution >= 0.6 is 11.6 Å². The van der Waals surface area contributed by atoms with E-state index in [-0.39, 0.29) is 11.1 Å². The maximum atomic E-state index is 14.2. The predicted octanol–water partition coefficient (Wildman–Crippen LogP) is 5.19. The number of Topliss-reactive ketones (excluding diaryl/α,β-unsaturated/α-hetero) is 2. The van der Waals surface area contributed by atoms with E-state index in [0.29, 0.717) is 16.3 Å². The quantitative estimate of drug-likeness (QED) is 0.275. The highest BCUT2D eigenvalue weighted by Crippen LogP contribution is 2.58. The molecule has 2 heterocycles. The van der Waals surface area contributed by atoms with Crippen LogP contribution in [-0.4, -0.2) is 29.0 Å². The van der Waals surface area contributed by atoms with Crippen molar-refractivity contribution in [2.75, 3.05) is 4.90 Å². The molecule has 2 amide bonds. The van der Waals surface area contributed by atoms with Gasteiger partial charge in [-0.3, -0.25) is 19.2 Å². The summed E-state index contributed by atoms with van der Waals surface area (Å²) in [6.07, 6.45) is -0.985. The van der Waals surface area contributed by atoms with Crippen molar-refractivity contribution in [3.05, 3.63) is 113 Å². The zero-order valence-corrected chi connectivity index (χ0v) is 20.0. The molecule has 0 radical (unpaired) electrons. The fourth-order valence-electron chi connectivity index (χ4n) is 6.11. The first-order chi connectivity index (χ1) is 17.9. The molecule has 2 aliphatic heterocycles. The molecule has 1 aliphatic carbocycles. The van der Waals surface area contributed by atoms with Crippen LogP contribution in [-0.2, 0) is 14.3 Å². The monoisotopic (exact) mass is 507 g/mol. The van der Waals surface area contributed by atoms with Crippen LogP contribution < -0.4 is 4.90 Å². The van der Waals surface area contributed by atoms with Crippen molar-refractivity contribution in [3.63, 3.8) is 0 Å². The Labute approximate surface area is 216 Å². The highest BCUT2D eigenvalue weighted by Gasteiger charge is 2.74. The molecule has 6 nitrogen and oxygen atoms in total. The standard InChI is InChI=1S/C30H18ClNO5/c31-18-14-12-17(13-15-18)25-23-24(30(37-25)26(33)20-9-3-4-10-21(20)27(30)34)29(36)32(28(23)35)22-11-5-7-16-6-1-2-8-19(16)22/h1-15,23-25H/t23-,24-,25-/m1/s1. The van der Waals surface area contributed by atoms with Crippen LogP contribution in [0.5, 0.6) is 0 Å². The van der Waals surface area contributed by atoms with E-state index < -0.39 is 46.9 Å². The highest BCUT2D eigenvalue weighted by molar-refractivity contribution is 6.37. The summed E-state index contributed by atoms with van der Waals surface area (Å²) < 4.78 is 6.31. The summed E-state index contributed by atoms with van der Waals surface area (Å²) in [4.78, 5) is 57.1. The summed E-state index contributed by atoms with van der Waals surface area (Å²) >= 11 is 6.09. The molecule has 3 atom stereocenters. The van der Waals surface area contributed by atoms with E-state index in [2.05, 4.69) is 0 Å². The maximum Gasteiger partial charge on any atom is 0.241 e. The van der Waals surface area contributed by atoms with Gasteiger partial charge in [0.1, 0.15) is 0 Å². The molecule has 0 bridgehead atoms. The summed E-state index contributed by atoms with van der Waals surface area (Å²) in [5, 5.41) is 2.06. The molecule has 1 spiro atoms. The van der Waals surface area contributed by atoms with Gasteiger partial charge in [0.25, 0.3) is 0 Å². The summed E-state index contributed by atoms with van der Waals surface area (Å²) in [6.45, 7) is 0. The maximum absolute atomic E-state index is 14.2. The topological polar surface area (TPSA) is 80.8 Å². The molecule has 2 saturated heterocycles. The van der Waals surface area contributed by atoms with Gasteiger partial charge in [0.15, 0.2) is 0 Å². The molecule has 0 saturated carbocycles. The van der Waals surface area contributed by atoms with E-state index >= 15 is 0 Å². The van der Waals surface area contributed by atoms with Gasteiger partial charge in [0.05, 0.1) is 23.6 Å². The number of fused-ring (bicyclic) bond motifs is 4. The number of carbonyl (C=O) groups is 4. The second kappa shape index (κ2) is 7.68. The van der Waals surface area contributed by atoms with Gasteiger partial charge in [-0.15, -0.1) is 0 Å². The lowest BCUT2D eigenvalue weighted by Gasteiger charge is -2.27. The van der Waals surface area contributed by atoms with Gasteiger partial charge in [-0.1, -0.05) is 84.4 Å². The van der Waals surface area contributed by atoms with Crippen LogP contribution in [0.4, 0.5) is 5.69 Å². The van der Waals surface area contributed by atoms with Crippen molar-refractivity contribution in [3.8, 4) is 0 Å². The molecular weight excluding hydrogens is 490 g/mol. The number of ketones is 2. The largest absolute Gasteiger partial charge is 0.349 e. The average molecular weight is 508 g/mol. The zero-order valence-electron chi connectivity index (χ0n) is 19.3. The molecular formula is C30H18ClNO5. The number of nitrogens with zero attached hydrogens (tertiary/aromatic N) is 1. The summed E-state index contributed by atoms with van der Waals surface area (Å²) in [5.74, 6) is -4.64. The van der Waals surface area contributed by atoms with Gasteiger partial charge in [-0.2, -0.15) is 0 Å². The van der Waals surface area contributed by atoms with Crippen LogP contribution in [0.1, 0.15) is 32.4 Å². The lowest BCUT2D eigenvalue weighted by Crippen LogP contribution is -2.51. The molecule has 0 N–H and O–H groups in total. The minimum absolute atomic E-state index is 0.201. The summed E-state index contributed by atoms with van der Waals surface area (Å²) in [5.41, 5.74) is -0.722. The highest BCUT2D eigenvalue weighted by atomic mass is 35.5. The Morgan fingerprint density at radius 2 is 1.32 bits per heavy atom. The van der Waals surface area contributed by atoms with Crippen LogP contribution in [0.15, 0.2) is 91.0 Å². The van der Waals surface area contributed by atoms with Gasteiger partial charge >= 0.3 is 0 Å². The number of amides is 2. The molecule has 0 unspecified atom stereocenters. The Morgan fingerprint density at radius 1 is 0.703 bits per heavy atom. The first-order valence-electron chi connectivity index (χ1n) is 11.9. The summed E-state index contributed by atoms with van der Waals surface area (Å²) in [6, 6.07) is 25.9. The first kappa shape index (κ1) is 22.1. The molecule has 37 heavy (non-hydrogen) atoms. The van der Waals surface area contributed by atoms with Crippen molar-refractivity contribution in [1.82, 2.24) is 0 Å². The average Bonchev–Trinajstić information content (AvgIpc) is 3.49. The van der Waals surface area contributed by atoms with Gasteiger partial charge in [-0.25, -0.2) is 4.90 Å². The number of halogens is 1. The van der Waals surface area contributed by atoms with Crippen molar-refractivity contribution in [2.24, 2.45) is 11.8 Å². The lowest BCUT2D eigenvalue weighted by molar-refractivity contribution is -0.127. The fourth-order valence-corrected chi connectivity index (χ4v) is 6.24. The fraction of sp³-hybridized carbons (Fsp3) is 0.133. The number of benzene rings is 4. The van der Waals surface area contributed by atoms with E-state index in [1.165, 1.54) is 0 Å². The zero-order chi connectivity index (χ0) is 25.5. The van der Waals surface area contributed by atoms with Crippen LogP contribution in [0, 0.1) is 11.8 Å². The Bertz CT molecular complexity index is 1640. The Morgan fingerprint density at radius 3 is 2.03 bits per heavy atom. The second-order valence-corrected chi connectivity index (χ2v) is 9.98. The van der Waals surface area contributed by atoms with Gasteiger partial charge in [0, 0.05) is 21.5 Å². The van der Waals surface area contributed by atoms with Crippen LogP contribution in [0.25, 0.3) is 10.8 Å². The molecule has 7 rings (SSSR count). The molecule has 4 aromatic carbocycles. The van der Waals surface area contributed by atoms with Gasteiger partial charge in [-0.05, 0) is 29.1 Å². The molecule has 0 aromatic heterocycles. The molecule has 3 aliphatic rings. The number of anilines is 1. The van der Waals surface area contributed by atoms with Crippen molar-refractivity contribution in [2.45, 2.75) is 11.7 Å². The molecule has 4 aromatic rings. The van der Waals surface area contributed by atoms with Gasteiger partial charge < -0.3 is 4.74 Å². The third kappa shape index (κ3) is 2.79. The molecule has 180 valence electrons. The SMILES string of the molecule is O=C1[C@H]2[C@@H](c3ccc(Cl)cc3)OC3(C(=O)c4ccccc4C3=O)[C@H]2C(=O)N1c1cccc2ccccc12. The first-order valence-corrected chi connectivity index (χ1v) is 12.3. The van der Waals surface area contributed by atoms with Crippen molar-refractivity contribution >= 4 is 51.4 Å². The van der Waals surface area contributed by atoms with Gasteiger partial charge in [0.2, 0.25) is 29.0 Å². The Hall–Kier alpha value is -4.13. The number of hydrogen-bond donors (Lipinski definition) is 0.